The second-order valence-corrected chi connectivity index (χ2v) is 12.5. The molecule has 1 aromatic heterocycles. The number of H-pyrrole nitrogens is 1. The Bertz CT molecular complexity index is 1060. The van der Waals surface area contributed by atoms with Gasteiger partial charge in [-0.15, -0.1) is 11.7 Å². The molecule has 3 saturated carbocycles. The number of carbonyl (C=O) groups is 3. The maximum Gasteiger partial charge on any atom is 0.313 e. The normalized spacial score (nSPS) is 40.1. The Kier molecular flexibility index (Phi) is 7.16. The van der Waals surface area contributed by atoms with Crippen molar-refractivity contribution in [2.24, 2.45) is 34.0 Å². The summed E-state index contributed by atoms with van der Waals surface area (Å²) in [6, 6.07) is 0. The molecule has 198 valence electrons. The molecule has 10 heteroatoms. The van der Waals surface area contributed by atoms with Crippen LogP contribution in [-0.2, 0) is 19.1 Å². The highest BCUT2D eigenvalue weighted by atomic mass is 32.2. The topological polar surface area (TPSA) is 148 Å². The van der Waals surface area contributed by atoms with Crippen LogP contribution in [0.4, 0.5) is 5.95 Å². The molecule has 4 rings (SSSR count). The molecule has 4 N–H and O–H groups in total. The lowest BCUT2D eigenvalue weighted by atomic mass is 9.44. The average molecular weight is 519 g/mol. The zero-order chi connectivity index (χ0) is 26.5. The fourth-order valence-corrected chi connectivity index (χ4v) is 8.05. The van der Waals surface area contributed by atoms with Crippen molar-refractivity contribution in [2.45, 2.75) is 83.6 Å². The largest absolute Gasteiger partial charge is 0.461 e. The Balaban J connectivity index is 1.60. The van der Waals surface area contributed by atoms with Crippen molar-refractivity contribution in [3.8, 4) is 0 Å². The molecule has 3 aliphatic rings. The van der Waals surface area contributed by atoms with Gasteiger partial charge in [0.25, 0.3) is 0 Å². The number of nitrogen functional groups attached to an aromatic ring is 1. The number of nitrogens with one attached hydrogen (secondary N) is 1. The molecule has 3 fully saturated rings. The maximum atomic E-state index is 13.4. The number of nitrogens with two attached hydrogens (primary N) is 1. The van der Waals surface area contributed by atoms with Crippen molar-refractivity contribution in [2.75, 3.05) is 11.5 Å². The highest BCUT2D eigenvalue weighted by Gasteiger charge is 2.68. The number of aromatic nitrogens is 3. The number of hydrogen-bond donors (Lipinski definition) is 3. The lowest BCUT2D eigenvalue weighted by Gasteiger charge is -2.61. The number of Topliss-reactive ketones (excluding diaryl/α,β-unsaturated/α-hetero) is 2. The van der Waals surface area contributed by atoms with Crippen LogP contribution in [0.15, 0.2) is 17.8 Å². The Morgan fingerprint density at radius 1 is 1.33 bits per heavy atom. The van der Waals surface area contributed by atoms with Gasteiger partial charge in [0.15, 0.2) is 5.78 Å². The number of esters is 1. The predicted molar refractivity (Wildman–Crippen MR) is 136 cm³/mol. The van der Waals surface area contributed by atoms with E-state index in [1.807, 2.05) is 6.92 Å². The third kappa shape index (κ3) is 4.30. The molecule has 2 unspecified atom stereocenters. The van der Waals surface area contributed by atoms with Gasteiger partial charge in [-0.2, -0.15) is 4.98 Å². The molecule has 0 radical (unpaired) electrons. The van der Waals surface area contributed by atoms with E-state index in [1.54, 1.807) is 6.08 Å². The van der Waals surface area contributed by atoms with Gasteiger partial charge >= 0.3 is 5.97 Å². The first-order valence-corrected chi connectivity index (χ1v) is 13.7. The first-order chi connectivity index (χ1) is 16.9. The van der Waals surface area contributed by atoms with Gasteiger partial charge in [-0.25, -0.2) is 5.10 Å². The number of thioether (sulfide) groups is 1. The fraction of sp³-hybridized carbons (Fsp3) is 0.731. The summed E-state index contributed by atoms with van der Waals surface area (Å²) >= 11 is 1.09. The number of rotatable bonds is 7. The molecule has 1 aromatic rings. The second kappa shape index (κ2) is 9.59. The molecular formula is C26H38N4O5S. The van der Waals surface area contributed by atoms with E-state index in [1.165, 1.54) is 0 Å². The predicted octanol–water partition coefficient (Wildman–Crippen LogP) is 3.34. The number of nitrogens with zero attached hydrogens (tertiary/aromatic N) is 2. The van der Waals surface area contributed by atoms with Crippen LogP contribution in [-0.4, -0.2) is 55.8 Å². The first kappa shape index (κ1) is 26.9. The van der Waals surface area contributed by atoms with E-state index >= 15 is 0 Å². The number of aromatic amines is 1. The zero-order valence-corrected chi connectivity index (χ0v) is 22.4. The molecule has 0 amide bonds. The first-order valence-electron chi connectivity index (χ1n) is 12.7. The Morgan fingerprint density at radius 3 is 2.69 bits per heavy atom. The molecule has 0 aliphatic heterocycles. The number of ketones is 2. The summed E-state index contributed by atoms with van der Waals surface area (Å²) < 4.78 is 6.11. The van der Waals surface area contributed by atoms with E-state index < -0.39 is 29.0 Å². The Hall–Kier alpha value is -2.20. The molecule has 3 aliphatic carbocycles. The molecule has 36 heavy (non-hydrogen) atoms. The minimum Gasteiger partial charge on any atom is -0.461 e. The third-order valence-corrected chi connectivity index (χ3v) is 10.7. The van der Waals surface area contributed by atoms with E-state index in [4.69, 9.17) is 10.5 Å². The van der Waals surface area contributed by atoms with Crippen molar-refractivity contribution in [3.05, 3.63) is 12.7 Å². The van der Waals surface area contributed by atoms with Crippen molar-refractivity contribution < 1.29 is 24.2 Å². The molecule has 8 atom stereocenters. The zero-order valence-electron chi connectivity index (χ0n) is 21.6. The molecular weight excluding hydrogens is 480 g/mol. The van der Waals surface area contributed by atoms with Gasteiger partial charge in [0.05, 0.1) is 11.9 Å². The summed E-state index contributed by atoms with van der Waals surface area (Å²) in [5.41, 5.74) is 3.86. The number of carbonyl (C=O) groups excluding carboxylic acids is 3. The van der Waals surface area contributed by atoms with Gasteiger partial charge in [0, 0.05) is 23.2 Å². The summed E-state index contributed by atoms with van der Waals surface area (Å²) in [6.07, 6.45) is 3.34. The van der Waals surface area contributed by atoms with Gasteiger partial charge in [0.2, 0.25) is 11.1 Å². The van der Waals surface area contributed by atoms with Crippen molar-refractivity contribution >= 4 is 35.2 Å². The van der Waals surface area contributed by atoms with E-state index in [0.29, 0.717) is 18.0 Å². The number of anilines is 1. The number of ether oxygens (including phenoxy) is 1. The van der Waals surface area contributed by atoms with Crippen LogP contribution < -0.4 is 5.73 Å². The van der Waals surface area contributed by atoms with Crippen LogP contribution in [0.3, 0.4) is 0 Å². The second-order valence-electron chi connectivity index (χ2n) is 11.6. The molecule has 2 bridgehead atoms. The number of hydrogen-bond acceptors (Lipinski definition) is 9. The Morgan fingerprint density at radius 2 is 2.06 bits per heavy atom. The van der Waals surface area contributed by atoms with Crippen LogP contribution in [0.2, 0.25) is 0 Å². The van der Waals surface area contributed by atoms with Crippen LogP contribution >= 0.6 is 11.8 Å². The van der Waals surface area contributed by atoms with Crippen LogP contribution in [0.1, 0.15) is 66.2 Å². The SMILES string of the molecule is C=C[C@@]1(C)C[C@@H](OC(=O)CC(=O)CSc2n[nH]c(N)n2)[C@]2(C)C(C)CC[C@]3(CCC(=O)C32)[C@@H](C)[C@@H]1O. The van der Waals surface area contributed by atoms with Gasteiger partial charge in [0.1, 0.15) is 18.3 Å². The fourth-order valence-electron chi connectivity index (χ4n) is 7.38. The third-order valence-electron chi connectivity index (χ3n) is 9.76. The van der Waals surface area contributed by atoms with Gasteiger partial charge in [-0.3, -0.25) is 14.4 Å². The summed E-state index contributed by atoms with van der Waals surface area (Å²) in [7, 11) is 0. The maximum absolute atomic E-state index is 13.4. The minimum atomic E-state index is -0.727. The van der Waals surface area contributed by atoms with Crippen LogP contribution in [0.5, 0.6) is 0 Å². The number of aliphatic hydroxyl groups excluding tert-OH is 1. The summed E-state index contributed by atoms with van der Waals surface area (Å²) in [5.74, 6) is -0.828. The van der Waals surface area contributed by atoms with Gasteiger partial charge in [-0.05, 0) is 42.9 Å². The minimum absolute atomic E-state index is 0.00948. The number of aliphatic hydroxyl groups is 1. The van der Waals surface area contributed by atoms with E-state index in [0.717, 1.165) is 31.0 Å². The monoisotopic (exact) mass is 518 g/mol. The quantitative estimate of drug-likeness (QED) is 0.214. The molecule has 0 spiro atoms. The highest BCUT2D eigenvalue weighted by molar-refractivity contribution is 7.99. The van der Waals surface area contributed by atoms with Crippen LogP contribution in [0, 0.1) is 34.0 Å². The molecule has 0 aromatic carbocycles. The summed E-state index contributed by atoms with van der Waals surface area (Å²) in [6.45, 7) is 12.2. The van der Waals surface area contributed by atoms with Crippen molar-refractivity contribution in [3.63, 3.8) is 0 Å². The lowest BCUT2D eigenvalue weighted by Crippen LogP contribution is -2.63. The van der Waals surface area contributed by atoms with E-state index in [-0.39, 0.29) is 52.9 Å². The van der Waals surface area contributed by atoms with Crippen LogP contribution in [0.25, 0.3) is 0 Å². The molecule has 0 saturated heterocycles. The standard InChI is InChI=1S/C26H38N4O5S/c1-6-24(4)12-18(35-19(33)11-16(31)13-36-23-28-22(27)29-30-23)25(5)14(2)7-9-26(15(3)21(24)34)10-8-17(32)20(25)26/h6,14-15,18,20-21,34H,1,7-13H2,2-5H3,(H3,27,28,29,30)/t14?,15-,18+,20?,21-,24-,25-,26-/m0/s1. The smallest absolute Gasteiger partial charge is 0.313 e. The van der Waals surface area contributed by atoms with Gasteiger partial charge in [-0.1, -0.05) is 45.5 Å². The molecule has 1 heterocycles. The lowest BCUT2D eigenvalue weighted by molar-refractivity contribution is -0.206. The highest BCUT2D eigenvalue weighted by Crippen LogP contribution is 2.68. The average Bonchev–Trinajstić information content (AvgIpc) is 3.41. The van der Waals surface area contributed by atoms with E-state index in [2.05, 4.69) is 42.5 Å². The summed E-state index contributed by atoms with van der Waals surface area (Å²) in [4.78, 5) is 43.0. The van der Waals surface area contributed by atoms with Gasteiger partial charge < -0.3 is 15.6 Å². The van der Waals surface area contributed by atoms with Crippen molar-refractivity contribution in [1.82, 2.24) is 15.2 Å². The molecule has 9 nitrogen and oxygen atoms in total. The van der Waals surface area contributed by atoms with E-state index in [9.17, 15) is 19.5 Å². The van der Waals surface area contributed by atoms with Crippen molar-refractivity contribution in [1.29, 1.82) is 0 Å². The Labute approximate surface area is 216 Å². The summed E-state index contributed by atoms with van der Waals surface area (Å²) in [5, 5.41) is 18.3.